The fraction of sp³-hybridized carbons (Fsp3) is 0.857. The van der Waals surface area contributed by atoms with E-state index in [1.54, 1.807) is 11.8 Å². The van der Waals surface area contributed by atoms with Crippen LogP contribution in [-0.4, -0.2) is 68.2 Å². The Morgan fingerprint density at radius 1 is 1.33 bits per heavy atom. The molecule has 7 nitrogen and oxygen atoms in total. The normalized spacial score (nSPS) is 19.2. The van der Waals surface area contributed by atoms with Crippen LogP contribution in [0, 0.1) is 0 Å². The minimum atomic E-state index is -0.550. The van der Waals surface area contributed by atoms with Crippen molar-refractivity contribution in [3.63, 3.8) is 0 Å². The number of amides is 1. The van der Waals surface area contributed by atoms with Crippen LogP contribution in [0.3, 0.4) is 0 Å². The van der Waals surface area contributed by atoms with E-state index in [4.69, 9.17) is 18.9 Å². The maximum absolute atomic E-state index is 12.1. The van der Waals surface area contributed by atoms with E-state index in [1.807, 2.05) is 20.8 Å². The Morgan fingerprint density at radius 3 is 2.67 bits per heavy atom. The van der Waals surface area contributed by atoms with Crippen molar-refractivity contribution in [2.45, 2.75) is 39.3 Å². The molecule has 0 radical (unpaired) electrons. The summed E-state index contributed by atoms with van der Waals surface area (Å²) in [4.78, 5) is 24.9. The summed E-state index contributed by atoms with van der Waals surface area (Å²) in [5, 5.41) is 0. The number of hydrogen-bond donors (Lipinski definition) is 0. The Hall–Kier alpha value is -1.34. The lowest BCUT2D eigenvalue weighted by Crippen LogP contribution is -2.52. The Kier molecular flexibility index (Phi) is 6.91. The fourth-order valence-electron chi connectivity index (χ4n) is 1.83. The highest BCUT2D eigenvalue weighted by atomic mass is 16.6. The molecule has 1 heterocycles. The van der Waals surface area contributed by atoms with Crippen molar-refractivity contribution >= 4 is 12.1 Å². The number of morpholine rings is 1. The predicted octanol–water partition coefficient (Wildman–Crippen LogP) is 1.20. The molecule has 0 saturated carbocycles. The standard InChI is InChI=1S/C14H25NO6/c1-5-20-12(16)10-19-9-11-8-18-7-6-15(11)13(17)21-14(2,3)4/h11H,5-10H2,1-4H3. The predicted molar refractivity (Wildman–Crippen MR) is 75.0 cm³/mol. The second kappa shape index (κ2) is 8.19. The van der Waals surface area contributed by atoms with Crippen LogP contribution in [0.1, 0.15) is 27.7 Å². The van der Waals surface area contributed by atoms with Crippen molar-refractivity contribution in [1.29, 1.82) is 0 Å². The van der Waals surface area contributed by atoms with Gasteiger partial charge in [0.2, 0.25) is 0 Å². The van der Waals surface area contributed by atoms with Gasteiger partial charge in [0.25, 0.3) is 0 Å². The minimum Gasteiger partial charge on any atom is -0.464 e. The van der Waals surface area contributed by atoms with E-state index in [0.29, 0.717) is 26.4 Å². The summed E-state index contributed by atoms with van der Waals surface area (Å²) in [6, 6.07) is -0.261. The lowest BCUT2D eigenvalue weighted by atomic mass is 10.2. The molecule has 1 aliphatic heterocycles. The van der Waals surface area contributed by atoms with E-state index < -0.39 is 17.7 Å². The molecule has 0 aliphatic carbocycles. The zero-order valence-corrected chi connectivity index (χ0v) is 13.2. The number of rotatable bonds is 5. The van der Waals surface area contributed by atoms with Gasteiger partial charge in [-0.1, -0.05) is 0 Å². The fourth-order valence-corrected chi connectivity index (χ4v) is 1.83. The molecule has 7 heteroatoms. The van der Waals surface area contributed by atoms with Crippen molar-refractivity contribution in [2.75, 3.05) is 39.6 Å². The van der Waals surface area contributed by atoms with Gasteiger partial charge in [0.15, 0.2) is 0 Å². The minimum absolute atomic E-state index is 0.132. The molecule has 0 aromatic rings. The van der Waals surface area contributed by atoms with Gasteiger partial charge in [-0.3, -0.25) is 4.90 Å². The van der Waals surface area contributed by atoms with E-state index in [1.165, 1.54) is 0 Å². The molecular weight excluding hydrogens is 278 g/mol. The number of carbonyl (C=O) groups is 2. The van der Waals surface area contributed by atoms with Crippen molar-refractivity contribution in [3.8, 4) is 0 Å². The molecule has 0 bridgehead atoms. The molecule has 1 saturated heterocycles. The molecule has 1 unspecified atom stereocenters. The van der Waals surface area contributed by atoms with Crippen molar-refractivity contribution in [3.05, 3.63) is 0 Å². The summed E-state index contributed by atoms with van der Waals surface area (Å²) in [6.45, 7) is 8.85. The molecule has 0 aromatic carbocycles. The lowest BCUT2D eigenvalue weighted by Gasteiger charge is -2.36. The molecule has 21 heavy (non-hydrogen) atoms. The third-order valence-corrected chi connectivity index (χ3v) is 2.69. The highest BCUT2D eigenvalue weighted by Gasteiger charge is 2.31. The summed E-state index contributed by atoms with van der Waals surface area (Å²) < 4.78 is 20.8. The van der Waals surface area contributed by atoms with E-state index in [0.717, 1.165) is 0 Å². The Balaban J connectivity index is 2.45. The molecular formula is C14H25NO6. The second-order valence-electron chi connectivity index (χ2n) is 5.72. The van der Waals surface area contributed by atoms with Crippen molar-refractivity contribution in [1.82, 2.24) is 4.90 Å². The smallest absolute Gasteiger partial charge is 0.410 e. The first-order chi connectivity index (χ1) is 9.83. The van der Waals surface area contributed by atoms with Gasteiger partial charge in [-0.25, -0.2) is 9.59 Å². The Labute approximate surface area is 125 Å². The summed E-state index contributed by atoms with van der Waals surface area (Å²) in [5.41, 5.74) is -0.550. The van der Waals surface area contributed by atoms with Crippen LogP contribution in [-0.2, 0) is 23.7 Å². The van der Waals surface area contributed by atoms with Crippen molar-refractivity contribution in [2.24, 2.45) is 0 Å². The number of nitrogens with zero attached hydrogens (tertiary/aromatic N) is 1. The van der Waals surface area contributed by atoms with Gasteiger partial charge in [-0.15, -0.1) is 0 Å². The first-order valence-electron chi connectivity index (χ1n) is 7.14. The van der Waals surface area contributed by atoms with Gasteiger partial charge in [0.1, 0.15) is 12.2 Å². The topological polar surface area (TPSA) is 74.3 Å². The molecule has 122 valence electrons. The van der Waals surface area contributed by atoms with Gasteiger partial charge in [0, 0.05) is 6.54 Å². The summed E-state index contributed by atoms with van der Waals surface area (Å²) >= 11 is 0. The van der Waals surface area contributed by atoms with Gasteiger partial charge in [0.05, 0.1) is 32.5 Å². The molecule has 1 fully saturated rings. The third-order valence-electron chi connectivity index (χ3n) is 2.69. The van der Waals surface area contributed by atoms with Gasteiger partial charge >= 0.3 is 12.1 Å². The Morgan fingerprint density at radius 2 is 2.05 bits per heavy atom. The molecule has 0 aromatic heterocycles. The molecule has 1 rings (SSSR count). The van der Waals surface area contributed by atoms with Gasteiger partial charge in [-0.05, 0) is 27.7 Å². The summed E-state index contributed by atoms with van der Waals surface area (Å²) in [7, 11) is 0. The first kappa shape index (κ1) is 17.7. The number of ether oxygens (including phenoxy) is 4. The SMILES string of the molecule is CCOC(=O)COCC1COCCN1C(=O)OC(C)(C)C. The summed E-state index contributed by atoms with van der Waals surface area (Å²) in [5.74, 6) is -0.418. The summed E-state index contributed by atoms with van der Waals surface area (Å²) in [6.07, 6.45) is -0.393. The largest absolute Gasteiger partial charge is 0.464 e. The van der Waals surface area contributed by atoms with Crippen LogP contribution in [0.25, 0.3) is 0 Å². The van der Waals surface area contributed by atoms with Gasteiger partial charge < -0.3 is 18.9 Å². The van der Waals surface area contributed by atoms with E-state index >= 15 is 0 Å². The van der Waals surface area contributed by atoms with E-state index in [9.17, 15) is 9.59 Å². The number of esters is 1. The van der Waals surface area contributed by atoms with Gasteiger partial charge in [-0.2, -0.15) is 0 Å². The molecule has 1 atom stereocenters. The van der Waals surface area contributed by atoms with Crippen LogP contribution in [0.15, 0.2) is 0 Å². The monoisotopic (exact) mass is 303 g/mol. The van der Waals surface area contributed by atoms with Crippen LogP contribution in [0.5, 0.6) is 0 Å². The van der Waals surface area contributed by atoms with E-state index in [-0.39, 0.29) is 19.3 Å². The van der Waals surface area contributed by atoms with E-state index in [2.05, 4.69) is 0 Å². The lowest BCUT2D eigenvalue weighted by molar-refractivity contribution is -0.149. The molecule has 0 spiro atoms. The molecule has 1 aliphatic rings. The Bertz CT molecular complexity index is 352. The highest BCUT2D eigenvalue weighted by molar-refractivity contribution is 5.70. The average Bonchev–Trinajstić information content (AvgIpc) is 2.37. The third kappa shape index (κ3) is 6.77. The number of carbonyl (C=O) groups excluding carboxylic acids is 2. The maximum atomic E-state index is 12.1. The van der Waals surface area contributed by atoms with Crippen LogP contribution in [0.4, 0.5) is 4.79 Å². The molecule has 0 N–H and O–H groups in total. The van der Waals surface area contributed by atoms with Crippen molar-refractivity contribution < 1.29 is 28.5 Å². The maximum Gasteiger partial charge on any atom is 0.410 e. The van der Waals surface area contributed by atoms with Crippen LogP contribution < -0.4 is 0 Å². The zero-order valence-electron chi connectivity index (χ0n) is 13.2. The first-order valence-corrected chi connectivity index (χ1v) is 7.14. The zero-order chi connectivity index (χ0) is 15.9. The van der Waals surface area contributed by atoms with Crippen LogP contribution in [0.2, 0.25) is 0 Å². The van der Waals surface area contributed by atoms with Crippen LogP contribution >= 0.6 is 0 Å². The average molecular weight is 303 g/mol. The number of hydrogen-bond acceptors (Lipinski definition) is 6. The molecule has 1 amide bonds. The second-order valence-corrected chi connectivity index (χ2v) is 5.72. The quantitative estimate of drug-likeness (QED) is 0.711. The highest BCUT2D eigenvalue weighted by Crippen LogP contribution is 2.14.